The molecule has 0 saturated carbocycles. The molecule has 4 N–H and O–H groups in total. The fraction of sp³-hybridized carbons (Fsp3) is 0.250. The molecule has 0 amide bonds. The van der Waals surface area contributed by atoms with Crippen LogP contribution in [0.15, 0.2) is 97.1 Å². The molecular formula is C32H38N4O6S2. The van der Waals surface area contributed by atoms with Crippen molar-refractivity contribution >= 4 is 60.0 Å². The topological polar surface area (TPSA) is 154 Å². The molecule has 0 radical (unpaired) electrons. The van der Waals surface area contributed by atoms with E-state index in [1.165, 1.54) is 5.56 Å². The maximum atomic E-state index is 11.3. The number of anilines is 3. The zero-order chi connectivity index (χ0) is 31.7. The van der Waals surface area contributed by atoms with Crippen molar-refractivity contribution in [2.24, 2.45) is 0 Å². The minimum atomic E-state index is -4.32. The van der Waals surface area contributed by atoms with Gasteiger partial charge >= 0.3 is 0 Å². The Balaban J connectivity index is 1.43. The van der Waals surface area contributed by atoms with Crippen LogP contribution < -0.4 is 20.4 Å². The molecule has 4 aromatic rings. The van der Waals surface area contributed by atoms with Crippen LogP contribution in [0.25, 0.3) is 0 Å². The van der Waals surface area contributed by atoms with Gasteiger partial charge in [0, 0.05) is 85.1 Å². The molecule has 0 aliphatic rings. The van der Waals surface area contributed by atoms with Crippen molar-refractivity contribution in [2.75, 3.05) is 41.4 Å². The van der Waals surface area contributed by atoms with Gasteiger partial charge in [-0.15, -0.1) is 0 Å². The van der Waals surface area contributed by atoms with E-state index < -0.39 is 26.0 Å². The quantitative estimate of drug-likeness (QED) is 0.148. The predicted octanol–water partition coefficient (Wildman–Crippen LogP) is 3.49. The lowest BCUT2D eigenvalue weighted by Gasteiger charge is -2.25. The summed E-state index contributed by atoms with van der Waals surface area (Å²) in [6.45, 7) is 2.87. The normalized spacial score (nSPS) is 11.8. The first kappa shape index (κ1) is 33.1. The molecule has 44 heavy (non-hydrogen) atoms. The second-order valence-corrected chi connectivity index (χ2v) is 13.8. The Morgan fingerprint density at radius 2 is 0.886 bits per heavy atom. The third-order valence-corrected chi connectivity index (χ3v) is 8.73. The van der Waals surface area contributed by atoms with E-state index in [0.29, 0.717) is 13.1 Å². The number of benzene rings is 4. The largest absolute Gasteiger partial charge is 0.748 e. The maximum Gasteiger partial charge on any atom is 0.134 e. The van der Waals surface area contributed by atoms with Crippen LogP contribution in [0, 0.1) is 6.92 Å². The first-order chi connectivity index (χ1) is 20.8. The van der Waals surface area contributed by atoms with Crippen molar-refractivity contribution < 1.29 is 36.6 Å². The SMILES string of the molecule is Cc1ccc([NH2+]c2ccc(N(CCCS(=O)(=O)[O-])c3ccc([NH2+]c4ccc(N(C)CCCS(=O)(=O)[O-])cc4)cc3)cc2)cc1. The molecule has 0 bridgehead atoms. The second kappa shape index (κ2) is 14.8. The van der Waals surface area contributed by atoms with Crippen molar-refractivity contribution in [3.05, 3.63) is 103 Å². The standard InChI is InChI=1S/C32H38N4O6S2/c1-25-5-7-26(8-6-25)33-28-11-17-31(18-12-28)36(22-4-24-44(40,41)42)32-19-13-29(14-20-32)34-27-9-15-30(16-10-27)35(2)21-3-23-43(37,38)39/h5-20,33-34H,3-4,21-24H2,1-2H3,(H,37,38,39)(H,40,41,42). The molecule has 10 nitrogen and oxygen atoms in total. The Morgan fingerprint density at radius 1 is 0.545 bits per heavy atom. The van der Waals surface area contributed by atoms with Crippen LogP contribution in [-0.2, 0) is 20.2 Å². The number of quaternary nitrogens is 2. The van der Waals surface area contributed by atoms with Gasteiger partial charge in [0.05, 0.1) is 20.2 Å². The van der Waals surface area contributed by atoms with Gasteiger partial charge < -0.3 is 18.9 Å². The summed E-state index contributed by atoms with van der Waals surface area (Å²) < 4.78 is 66.3. The van der Waals surface area contributed by atoms with Crippen molar-refractivity contribution in [1.29, 1.82) is 0 Å². The van der Waals surface area contributed by atoms with Crippen molar-refractivity contribution in [1.82, 2.24) is 0 Å². The average molecular weight is 639 g/mol. The van der Waals surface area contributed by atoms with Crippen LogP contribution in [0.4, 0.5) is 39.8 Å². The molecule has 0 aliphatic heterocycles. The molecule has 0 atom stereocenters. The predicted molar refractivity (Wildman–Crippen MR) is 172 cm³/mol. The lowest BCUT2D eigenvalue weighted by Crippen LogP contribution is -2.70. The zero-order valence-corrected chi connectivity index (χ0v) is 26.4. The highest BCUT2D eigenvalue weighted by atomic mass is 32.2. The van der Waals surface area contributed by atoms with Gasteiger partial charge in [0.1, 0.15) is 22.7 Å². The molecular weight excluding hydrogens is 601 g/mol. The molecule has 0 saturated heterocycles. The van der Waals surface area contributed by atoms with E-state index in [-0.39, 0.29) is 18.6 Å². The molecule has 4 aromatic carbocycles. The molecule has 234 valence electrons. The number of nitrogens with two attached hydrogens (primary N) is 2. The van der Waals surface area contributed by atoms with Gasteiger partial charge in [0.15, 0.2) is 0 Å². The molecule has 0 aliphatic carbocycles. The smallest absolute Gasteiger partial charge is 0.134 e. The van der Waals surface area contributed by atoms with E-state index in [4.69, 9.17) is 0 Å². The van der Waals surface area contributed by atoms with Crippen molar-refractivity contribution in [3.8, 4) is 0 Å². The molecule has 0 fully saturated rings. The summed E-state index contributed by atoms with van der Waals surface area (Å²) in [4.78, 5) is 3.91. The first-order valence-corrected chi connectivity index (χ1v) is 17.4. The van der Waals surface area contributed by atoms with Crippen LogP contribution in [0.1, 0.15) is 18.4 Å². The van der Waals surface area contributed by atoms with Gasteiger partial charge in [-0.05, 0) is 68.3 Å². The van der Waals surface area contributed by atoms with E-state index in [0.717, 1.165) is 39.8 Å². The van der Waals surface area contributed by atoms with Gasteiger partial charge in [0.2, 0.25) is 0 Å². The Bertz CT molecular complexity index is 1710. The van der Waals surface area contributed by atoms with E-state index >= 15 is 0 Å². The molecule has 0 aromatic heterocycles. The second-order valence-electron chi connectivity index (χ2n) is 10.8. The fourth-order valence-electron chi connectivity index (χ4n) is 4.79. The van der Waals surface area contributed by atoms with Crippen LogP contribution in [0.3, 0.4) is 0 Å². The van der Waals surface area contributed by atoms with Gasteiger partial charge in [-0.2, -0.15) is 0 Å². The fourth-order valence-corrected chi connectivity index (χ4v) is 5.75. The monoisotopic (exact) mass is 638 g/mol. The van der Waals surface area contributed by atoms with Gasteiger partial charge in [-0.3, -0.25) is 10.6 Å². The molecule has 0 unspecified atom stereocenters. The summed E-state index contributed by atoms with van der Waals surface area (Å²) in [6.07, 6.45) is 0.465. The Morgan fingerprint density at radius 3 is 1.27 bits per heavy atom. The highest BCUT2D eigenvalue weighted by Crippen LogP contribution is 2.27. The summed E-state index contributed by atoms with van der Waals surface area (Å²) in [6, 6.07) is 32.0. The Labute approximate surface area is 259 Å². The number of hydrogen-bond acceptors (Lipinski definition) is 8. The van der Waals surface area contributed by atoms with E-state index in [1.807, 2.05) is 95.0 Å². The number of nitrogens with zero attached hydrogens (tertiary/aromatic N) is 2. The lowest BCUT2D eigenvalue weighted by molar-refractivity contribution is -0.479. The Hall–Kier alpha value is -3.78. The van der Waals surface area contributed by atoms with Gasteiger partial charge in [0.25, 0.3) is 0 Å². The average Bonchev–Trinajstić information content (AvgIpc) is 2.97. The van der Waals surface area contributed by atoms with E-state index in [1.54, 1.807) is 0 Å². The summed E-state index contributed by atoms with van der Waals surface area (Å²) >= 11 is 0. The minimum Gasteiger partial charge on any atom is -0.748 e. The number of aryl methyl sites for hydroxylation is 1. The zero-order valence-electron chi connectivity index (χ0n) is 24.8. The summed E-state index contributed by atoms with van der Waals surface area (Å²) in [7, 11) is -6.68. The lowest BCUT2D eigenvalue weighted by atomic mass is 10.2. The van der Waals surface area contributed by atoms with Gasteiger partial charge in [-0.1, -0.05) is 17.7 Å². The van der Waals surface area contributed by atoms with Crippen molar-refractivity contribution in [2.45, 2.75) is 19.8 Å². The third kappa shape index (κ3) is 10.7. The minimum absolute atomic E-state index is 0.199. The summed E-state index contributed by atoms with van der Waals surface area (Å²) in [5.74, 6) is -0.816. The van der Waals surface area contributed by atoms with Crippen LogP contribution in [-0.4, -0.2) is 57.6 Å². The third-order valence-electron chi connectivity index (χ3n) is 7.15. The van der Waals surface area contributed by atoms with Crippen LogP contribution >= 0.6 is 0 Å². The first-order valence-electron chi connectivity index (χ1n) is 14.3. The number of hydrogen-bond donors (Lipinski definition) is 2. The molecule has 0 spiro atoms. The van der Waals surface area contributed by atoms with Gasteiger partial charge in [-0.25, -0.2) is 16.8 Å². The van der Waals surface area contributed by atoms with E-state index in [2.05, 4.69) is 36.5 Å². The number of rotatable bonds is 15. The highest BCUT2D eigenvalue weighted by molar-refractivity contribution is 7.85. The summed E-state index contributed by atoms with van der Waals surface area (Å²) in [5.41, 5.74) is 7.97. The van der Waals surface area contributed by atoms with Crippen molar-refractivity contribution in [3.63, 3.8) is 0 Å². The van der Waals surface area contributed by atoms with Crippen LogP contribution in [0.2, 0.25) is 0 Å². The van der Waals surface area contributed by atoms with E-state index in [9.17, 15) is 25.9 Å². The Kier molecular flexibility index (Phi) is 11.1. The van der Waals surface area contributed by atoms with Crippen LogP contribution in [0.5, 0.6) is 0 Å². The highest BCUT2D eigenvalue weighted by Gasteiger charge is 2.13. The molecule has 12 heteroatoms. The maximum absolute atomic E-state index is 11.3. The molecule has 4 rings (SSSR count). The molecule has 0 heterocycles. The summed E-state index contributed by atoms with van der Waals surface area (Å²) in [5, 5.41) is 4.12.